The van der Waals surface area contributed by atoms with Gasteiger partial charge in [-0.3, -0.25) is 34.4 Å². The fraction of sp³-hybridized carbons (Fsp3) is 0.240. The highest BCUT2D eigenvalue weighted by molar-refractivity contribution is 6.05. The molecular formula is C50H43F6N13O5. The lowest BCUT2D eigenvalue weighted by atomic mass is 10.1. The third-order valence-corrected chi connectivity index (χ3v) is 11.8. The molecule has 24 heteroatoms. The van der Waals surface area contributed by atoms with Gasteiger partial charge in [-0.25, -0.2) is 9.36 Å². The van der Waals surface area contributed by atoms with E-state index in [9.17, 15) is 35.9 Å². The molecule has 0 bridgehead atoms. The summed E-state index contributed by atoms with van der Waals surface area (Å²) in [6.45, 7) is 3.58. The summed E-state index contributed by atoms with van der Waals surface area (Å²) in [5, 5.41) is 22.2. The van der Waals surface area contributed by atoms with Crippen molar-refractivity contribution in [2.75, 3.05) is 44.5 Å². The summed E-state index contributed by atoms with van der Waals surface area (Å²) in [6.07, 6.45) is 4.65. The van der Waals surface area contributed by atoms with Crippen molar-refractivity contribution in [3.63, 3.8) is 0 Å². The van der Waals surface area contributed by atoms with E-state index in [0.717, 1.165) is 57.3 Å². The number of halogens is 6. The molecule has 9 rings (SSSR count). The monoisotopic (exact) mass is 1020 g/mol. The molecule has 18 nitrogen and oxygen atoms in total. The van der Waals surface area contributed by atoms with Crippen LogP contribution in [0.2, 0.25) is 0 Å². The highest BCUT2D eigenvalue weighted by Gasteiger charge is 2.35. The average Bonchev–Trinajstić information content (AvgIpc) is 4.21. The van der Waals surface area contributed by atoms with E-state index in [-0.39, 0.29) is 35.5 Å². The number of nitrogens with one attached hydrogen (secondary N) is 2. The van der Waals surface area contributed by atoms with Gasteiger partial charge in [0.2, 0.25) is 0 Å². The van der Waals surface area contributed by atoms with Gasteiger partial charge in [-0.2, -0.15) is 26.3 Å². The molecule has 2 aromatic carbocycles. The van der Waals surface area contributed by atoms with Crippen LogP contribution in [-0.2, 0) is 25.3 Å². The van der Waals surface area contributed by atoms with Crippen LogP contribution in [0.1, 0.15) is 61.6 Å². The zero-order chi connectivity index (χ0) is 52.1. The lowest BCUT2D eigenvalue weighted by molar-refractivity contribution is -0.139. The second kappa shape index (κ2) is 21.1. The van der Waals surface area contributed by atoms with E-state index in [1.54, 1.807) is 43.7 Å². The third kappa shape index (κ3) is 11.6. The molecule has 0 spiro atoms. The largest absolute Gasteiger partial charge is 0.496 e. The number of hydrogen-bond donors (Lipinski definition) is 2. The van der Waals surface area contributed by atoms with Crippen molar-refractivity contribution in [3.8, 4) is 51.1 Å². The number of carbonyl (C=O) groups is 2. The van der Waals surface area contributed by atoms with Gasteiger partial charge in [0.15, 0.2) is 0 Å². The zero-order valence-electron chi connectivity index (χ0n) is 39.6. The maximum absolute atomic E-state index is 14.1. The molecule has 7 heterocycles. The molecular weight excluding hydrogens is 977 g/mol. The number of ether oxygens (including phenoxy) is 3. The molecule has 0 atom stereocenters. The summed E-state index contributed by atoms with van der Waals surface area (Å²) in [4.78, 5) is 46.5. The van der Waals surface area contributed by atoms with Crippen LogP contribution >= 0.6 is 0 Å². The molecule has 74 heavy (non-hydrogen) atoms. The van der Waals surface area contributed by atoms with E-state index in [1.165, 1.54) is 65.7 Å². The molecule has 2 N–H and O–H groups in total. The first-order chi connectivity index (χ1) is 35.5. The lowest BCUT2D eigenvalue weighted by Crippen LogP contribution is -2.20. The van der Waals surface area contributed by atoms with Crippen LogP contribution in [0.5, 0.6) is 17.2 Å². The summed E-state index contributed by atoms with van der Waals surface area (Å²) in [5.41, 5.74) is 1.92. The number of amides is 2. The van der Waals surface area contributed by atoms with Gasteiger partial charge in [0.1, 0.15) is 28.6 Å². The van der Waals surface area contributed by atoms with Crippen LogP contribution in [0.25, 0.3) is 33.9 Å². The first kappa shape index (κ1) is 50.2. The first-order valence-corrected chi connectivity index (χ1v) is 22.7. The molecule has 2 amide bonds. The van der Waals surface area contributed by atoms with Gasteiger partial charge in [0, 0.05) is 60.3 Å². The van der Waals surface area contributed by atoms with Gasteiger partial charge >= 0.3 is 12.4 Å². The lowest BCUT2D eigenvalue weighted by Gasteiger charge is -2.18. The highest BCUT2D eigenvalue weighted by Crippen LogP contribution is 2.38. The van der Waals surface area contributed by atoms with Gasteiger partial charge in [0.25, 0.3) is 11.8 Å². The molecule has 1 fully saturated rings. The van der Waals surface area contributed by atoms with Crippen LogP contribution in [0.15, 0.2) is 110 Å². The molecule has 0 aliphatic carbocycles. The molecule has 1 aliphatic rings. The van der Waals surface area contributed by atoms with E-state index in [2.05, 4.69) is 56.1 Å². The molecule has 1 aliphatic heterocycles. The number of carbonyl (C=O) groups excluding carboxylic acids is 2. The molecule has 8 aromatic rings. The van der Waals surface area contributed by atoms with E-state index in [0.29, 0.717) is 68.9 Å². The van der Waals surface area contributed by atoms with Crippen LogP contribution in [0.4, 0.5) is 37.7 Å². The summed E-state index contributed by atoms with van der Waals surface area (Å²) < 4.78 is 102. The van der Waals surface area contributed by atoms with Crippen LogP contribution < -0.4 is 24.8 Å². The topological polar surface area (TPSA) is 202 Å². The minimum Gasteiger partial charge on any atom is -0.496 e. The maximum Gasteiger partial charge on any atom is 0.420 e. The Morgan fingerprint density at radius 2 is 1.28 bits per heavy atom. The first-order valence-electron chi connectivity index (χ1n) is 22.7. The second-order valence-electron chi connectivity index (χ2n) is 17.0. The minimum atomic E-state index is -4.72. The van der Waals surface area contributed by atoms with Crippen LogP contribution in [-0.4, -0.2) is 101 Å². The predicted molar refractivity (Wildman–Crippen MR) is 255 cm³/mol. The number of rotatable bonds is 16. The summed E-state index contributed by atoms with van der Waals surface area (Å²) in [7, 11) is 2.62. The number of aryl methyl sites for hydroxylation is 1. The van der Waals surface area contributed by atoms with E-state index >= 15 is 0 Å². The predicted octanol–water partition coefficient (Wildman–Crippen LogP) is 8.85. The van der Waals surface area contributed by atoms with Crippen molar-refractivity contribution in [2.45, 2.75) is 45.1 Å². The van der Waals surface area contributed by atoms with Gasteiger partial charge in [-0.05, 0) is 99.1 Å². The SMILES string of the molecule is COc1cncc(-c2cn(-c3cc(C(=O)Nc4cc(CN5CCCC5)cc(C(F)(F)F)c4)cnc3CCOc3cncc(-c4cn(-c5cc(C(=O)Nc6ccc(OC)c(C(F)(F)F)c6)cnc5C)nn4)c3)nn2)c1. The van der Waals surface area contributed by atoms with E-state index in [4.69, 9.17) is 14.2 Å². The Kier molecular flexibility index (Phi) is 14.3. The standard InChI is InChI=1S/C50H43F6N13O5/c1-29-44(16-33(22-59-29)47(70)61-36-6-7-46(73-3)40(19-36)50(54,55)56)68-27-42(63-65-68)32-15-39(25-58-21-32)74-11-8-41-45(69-28-43(64-66-69)31-14-38(72-2)24-57-20-31)17-34(23-60-41)48(71)62-37-13-30(26-67-9-4-5-10-67)12-35(18-37)49(51,52)53/h6-7,12-25,27-28H,4-5,8-11,26H2,1-3H3,(H,61,70)(H,62,71). The van der Waals surface area contributed by atoms with Crippen molar-refractivity contribution in [3.05, 3.63) is 149 Å². The number of pyridine rings is 4. The Balaban J connectivity index is 0.922. The number of methoxy groups -OCH3 is 2. The Labute approximate surface area is 417 Å². The normalized spacial score (nSPS) is 12.9. The van der Waals surface area contributed by atoms with Crippen LogP contribution in [0, 0.1) is 6.92 Å². The van der Waals surface area contributed by atoms with Gasteiger partial charge in [-0.1, -0.05) is 10.4 Å². The molecule has 0 unspecified atom stereocenters. The molecule has 0 radical (unpaired) electrons. The Morgan fingerprint density at radius 3 is 1.93 bits per heavy atom. The Hall–Kier alpha value is -8.80. The third-order valence-electron chi connectivity index (χ3n) is 11.8. The van der Waals surface area contributed by atoms with Crippen molar-refractivity contribution in [1.29, 1.82) is 0 Å². The molecule has 1 saturated heterocycles. The van der Waals surface area contributed by atoms with Crippen molar-refractivity contribution in [1.82, 2.24) is 54.8 Å². The van der Waals surface area contributed by atoms with Gasteiger partial charge < -0.3 is 24.8 Å². The number of nitrogens with zero attached hydrogens (tertiary/aromatic N) is 11. The second-order valence-corrected chi connectivity index (χ2v) is 17.0. The van der Waals surface area contributed by atoms with Crippen molar-refractivity contribution < 1.29 is 50.1 Å². The Bertz CT molecular complexity index is 3360. The number of anilines is 2. The van der Waals surface area contributed by atoms with Gasteiger partial charge in [0.05, 0.1) is 90.6 Å². The summed E-state index contributed by atoms with van der Waals surface area (Å²) in [5.74, 6) is -0.986. The fourth-order valence-corrected chi connectivity index (χ4v) is 8.11. The summed E-state index contributed by atoms with van der Waals surface area (Å²) >= 11 is 0. The number of hydrogen-bond acceptors (Lipinski definition) is 14. The number of alkyl halides is 6. The molecule has 6 aromatic heterocycles. The molecule has 0 saturated carbocycles. The van der Waals surface area contributed by atoms with Crippen molar-refractivity contribution >= 4 is 23.2 Å². The number of likely N-dealkylation sites (tertiary alicyclic amines) is 1. The average molecular weight is 1020 g/mol. The van der Waals surface area contributed by atoms with Gasteiger partial charge in [-0.15, -0.1) is 10.2 Å². The Morgan fingerprint density at radius 1 is 0.662 bits per heavy atom. The quantitative estimate of drug-likeness (QED) is 0.0869. The maximum atomic E-state index is 14.1. The van der Waals surface area contributed by atoms with Crippen molar-refractivity contribution in [2.24, 2.45) is 0 Å². The highest BCUT2D eigenvalue weighted by atomic mass is 19.4. The van der Waals surface area contributed by atoms with Crippen LogP contribution in [0.3, 0.4) is 0 Å². The van der Waals surface area contributed by atoms with E-state index < -0.39 is 41.0 Å². The fourth-order valence-electron chi connectivity index (χ4n) is 8.11. The number of aromatic nitrogens is 10. The molecule has 380 valence electrons. The smallest absolute Gasteiger partial charge is 0.420 e. The minimum absolute atomic E-state index is 0.0203. The number of benzene rings is 2. The summed E-state index contributed by atoms with van der Waals surface area (Å²) in [6, 6.07) is 13.1. The van der Waals surface area contributed by atoms with E-state index in [1.807, 2.05) is 0 Å². The zero-order valence-corrected chi connectivity index (χ0v) is 39.6.